The molecule has 2 aliphatic rings. The first-order chi connectivity index (χ1) is 17.9. The topological polar surface area (TPSA) is 89.3 Å². The minimum atomic E-state index is -1.42. The predicted molar refractivity (Wildman–Crippen MR) is 139 cm³/mol. The molecule has 2 atom stereocenters. The Kier molecular flexibility index (Phi) is 6.71. The Labute approximate surface area is 225 Å². The van der Waals surface area contributed by atoms with E-state index in [9.17, 15) is 9.59 Å². The molecule has 2 aromatic heterocycles. The Hall–Kier alpha value is -3.40. The van der Waals surface area contributed by atoms with Gasteiger partial charge < -0.3 is 19.3 Å². The molecule has 0 saturated carbocycles. The van der Waals surface area contributed by atoms with E-state index in [0.29, 0.717) is 47.3 Å². The van der Waals surface area contributed by atoms with Gasteiger partial charge in [0.25, 0.3) is 5.91 Å². The number of aromatic nitrogens is 3. The summed E-state index contributed by atoms with van der Waals surface area (Å²) < 4.78 is 28.2. The maximum atomic E-state index is 15.1. The highest BCUT2D eigenvalue weighted by molar-refractivity contribution is 6.31. The lowest BCUT2D eigenvalue weighted by Crippen LogP contribution is -2.50. The van der Waals surface area contributed by atoms with E-state index in [1.54, 1.807) is 54.5 Å². The average molecular weight is 544 g/mol. The summed E-state index contributed by atoms with van der Waals surface area (Å²) in [6.45, 7) is 9.88. The number of halogens is 2. The van der Waals surface area contributed by atoms with Crippen molar-refractivity contribution in [2.45, 2.75) is 72.0 Å². The molecule has 0 spiro atoms. The standard InChI is InChI=1S/C27H31ClFN5O4/c1-15-23(28)16(2)34-24(30-15)18-12-33(14-20(18)31-34)25(35)17-8-6-7-9-21(17)37-22-10-11-32(13-19(22)29)26(36)38-27(3,4)5/h6-9,19,22H,10-14H2,1-5H3. The lowest BCUT2D eigenvalue weighted by atomic mass is 10.1. The molecule has 0 N–H and O–H groups in total. The van der Waals surface area contributed by atoms with Crippen molar-refractivity contribution in [3.05, 3.63) is 57.5 Å². The van der Waals surface area contributed by atoms with E-state index in [0.717, 1.165) is 17.0 Å². The number of rotatable bonds is 3. The second kappa shape index (κ2) is 9.72. The maximum Gasteiger partial charge on any atom is 0.410 e. The van der Waals surface area contributed by atoms with Crippen molar-refractivity contribution < 1.29 is 23.5 Å². The zero-order chi connectivity index (χ0) is 27.4. The molecule has 1 saturated heterocycles. The summed E-state index contributed by atoms with van der Waals surface area (Å²) in [4.78, 5) is 33.5. The van der Waals surface area contributed by atoms with E-state index in [-0.39, 0.29) is 18.9 Å². The van der Waals surface area contributed by atoms with Crippen molar-refractivity contribution in [2.24, 2.45) is 0 Å². The molecule has 5 rings (SSSR count). The summed E-state index contributed by atoms with van der Waals surface area (Å²) in [7, 11) is 0. The fourth-order valence-electron chi connectivity index (χ4n) is 4.84. The van der Waals surface area contributed by atoms with Crippen molar-refractivity contribution in [3.63, 3.8) is 0 Å². The van der Waals surface area contributed by atoms with Crippen molar-refractivity contribution in [3.8, 4) is 5.75 Å². The number of likely N-dealkylation sites (tertiary alicyclic amines) is 1. The van der Waals surface area contributed by atoms with E-state index in [1.807, 2.05) is 13.8 Å². The normalized spacial score (nSPS) is 19.6. The minimum absolute atomic E-state index is 0.132. The van der Waals surface area contributed by atoms with E-state index in [1.165, 1.54) is 4.90 Å². The summed E-state index contributed by atoms with van der Waals surface area (Å²) in [5.74, 6) is 0.0759. The highest BCUT2D eigenvalue weighted by Gasteiger charge is 2.36. The largest absolute Gasteiger partial charge is 0.486 e. The highest BCUT2D eigenvalue weighted by Crippen LogP contribution is 2.32. The fraction of sp³-hybridized carbons (Fsp3) is 0.481. The molecule has 202 valence electrons. The zero-order valence-corrected chi connectivity index (χ0v) is 22.9. The van der Waals surface area contributed by atoms with Crippen LogP contribution in [0.4, 0.5) is 9.18 Å². The molecular weight excluding hydrogens is 513 g/mol. The summed E-state index contributed by atoms with van der Waals surface area (Å²) >= 11 is 6.34. The van der Waals surface area contributed by atoms with Crippen molar-refractivity contribution in [2.75, 3.05) is 13.1 Å². The molecule has 4 heterocycles. The van der Waals surface area contributed by atoms with Gasteiger partial charge >= 0.3 is 6.09 Å². The fourth-order valence-corrected chi connectivity index (χ4v) is 4.97. The molecule has 0 bridgehead atoms. The Morgan fingerprint density at radius 1 is 1.13 bits per heavy atom. The molecule has 11 heteroatoms. The zero-order valence-electron chi connectivity index (χ0n) is 22.1. The van der Waals surface area contributed by atoms with Crippen LogP contribution in [0.3, 0.4) is 0 Å². The van der Waals surface area contributed by atoms with Crippen molar-refractivity contribution in [1.29, 1.82) is 0 Å². The SMILES string of the molecule is Cc1nc2c3c(nn2c(C)c1Cl)CN(C(=O)c1ccccc1OC1CCN(C(=O)OC(C)(C)C)CC1F)C3. The number of aryl methyl sites for hydroxylation is 2. The van der Waals surface area contributed by atoms with Crippen LogP contribution < -0.4 is 4.74 Å². The molecule has 38 heavy (non-hydrogen) atoms. The summed E-state index contributed by atoms with van der Waals surface area (Å²) in [5.41, 5.74) is 3.55. The quantitative estimate of drug-likeness (QED) is 0.468. The molecule has 2 aliphatic heterocycles. The van der Waals surface area contributed by atoms with Gasteiger partial charge in [-0.3, -0.25) is 4.79 Å². The smallest absolute Gasteiger partial charge is 0.410 e. The number of alkyl halides is 1. The number of hydrogen-bond donors (Lipinski definition) is 0. The lowest BCUT2D eigenvalue weighted by Gasteiger charge is -2.35. The molecule has 9 nitrogen and oxygen atoms in total. The minimum Gasteiger partial charge on any atom is -0.486 e. The number of carbonyl (C=O) groups excluding carboxylic acids is 2. The molecule has 1 fully saturated rings. The van der Waals surface area contributed by atoms with E-state index in [2.05, 4.69) is 10.1 Å². The third-order valence-electron chi connectivity index (χ3n) is 6.77. The van der Waals surface area contributed by atoms with Crippen LogP contribution in [0.5, 0.6) is 5.75 Å². The van der Waals surface area contributed by atoms with Gasteiger partial charge in [-0.25, -0.2) is 18.7 Å². The van der Waals surface area contributed by atoms with Gasteiger partial charge in [-0.05, 0) is 46.8 Å². The van der Waals surface area contributed by atoms with Gasteiger partial charge in [0.05, 0.1) is 47.3 Å². The molecule has 0 aliphatic carbocycles. The van der Waals surface area contributed by atoms with E-state index >= 15 is 4.39 Å². The number of ether oxygens (including phenoxy) is 2. The van der Waals surface area contributed by atoms with Crippen molar-refractivity contribution >= 4 is 29.2 Å². The van der Waals surface area contributed by atoms with Gasteiger partial charge in [-0.1, -0.05) is 23.7 Å². The van der Waals surface area contributed by atoms with Crippen LogP contribution in [0.25, 0.3) is 5.65 Å². The molecule has 2 amide bonds. The third kappa shape index (κ3) is 4.89. The number of carbonyl (C=O) groups is 2. The first-order valence-corrected chi connectivity index (χ1v) is 13.0. The van der Waals surface area contributed by atoms with Crippen LogP contribution >= 0.6 is 11.6 Å². The first kappa shape index (κ1) is 26.2. The molecular formula is C27H31ClFN5O4. The number of amides is 2. The molecule has 1 aromatic carbocycles. The maximum absolute atomic E-state index is 15.1. The number of benzene rings is 1. The second-order valence-corrected chi connectivity index (χ2v) is 11.2. The number of para-hydroxylation sites is 1. The Balaban J connectivity index is 1.29. The van der Waals surface area contributed by atoms with Crippen LogP contribution in [-0.4, -0.2) is 67.4 Å². The average Bonchev–Trinajstić information content (AvgIpc) is 3.42. The van der Waals surface area contributed by atoms with Crippen molar-refractivity contribution in [1.82, 2.24) is 24.4 Å². The number of piperidine rings is 1. The highest BCUT2D eigenvalue weighted by atomic mass is 35.5. The molecule has 3 aromatic rings. The Morgan fingerprint density at radius 2 is 1.87 bits per heavy atom. The molecule has 2 unspecified atom stereocenters. The van der Waals surface area contributed by atoms with Crippen LogP contribution in [-0.2, 0) is 17.8 Å². The monoisotopic (exact) mass is 543 g/mol. The number of fused-ring (bicyclic) bond motifs is 3. The molecule has 0 radical (unpaired) electrons. The third-order valence-corrected chi connectivity index (χ3v) is 7.32. The summed E-state index contributed by atoms with van der Waals surface area (Å²) in [6, 6.07) is 6.85. The summed E-state index contributed by atoms with van der Waals surface area (Å²) in [5, 5.41) is 5.21. The van der Waals surface area contributed by atoms with Gasteiger partial charge in [0.2, 0.25) is 0 Å². The van der Waals surface area contributed by atoms with Gasteiger partial charge in [0.15, 0.2) is 11.8 Å². The second-order valence-electron chi connectivity index (χ2n) is 10.8. The number of hydrogen-bond acceptors (Lipinski definition) is 6. The Morgan fingerprint density at radius 3 is 2.58 bits per heavy atom. The van der Waals surface area contributed by atoms with Crippen LogP contribution in [0.2, 0.25) is 5.02 Å². The van der Waals surface area contributed by atoms with Crippen LogP contribution in [0.15, 0.2) is 24.3 Å². The summed E-state index contributed by atoms with van der Waals surface area (Å²) in [6.07, 6.45) is -2.48. The van der Waals surface area contributed by atoms with Gasteiger partial charge in [-0.15, -0.1) is 0 Å². The lowest BCUT2D eigenvalue weighted by molar-refractivity contribution is -0.0107. The van der Waals surface area contributed by atoms with Gasteiger partial charge in [-0.2, -0.15) is 5.10 Å². The van der Waals surface area contributed by atoms with Crippen LogP contribution in [0.1, 0.15) is 60.2 Å². The van der Waals surface area contributed by atoms with Gasteiger partial charge in [0, 0.05) is 18.5 Å². The number of nitrogens with zero attached hydrogens (tertiary/aromatic N) is 5. The predicted octanol–water partition coefficient (Wildman–Crippen LogP) is 4.88. The van der Waals surface area contributed by atoms with E-state index in [4.69, 9.17) is 21.1 Å². The van der Waals surface area contributed by atoms with Crippen LogP contribution in [0, 0.1) is 13.8 Å². The Bertz CT molecular complexity index is 1420. The van der Waals surface area contributed by atoms with Gasteiger partial charge in [0.1, 0.15) is 17.5 Å². The van der Waals surface area contributed by atoms with E-state index < -0.39 is 24.0 Å². The first-order valence-electron chi connectivity index (χ1n) is 12.6.